The van der Waals surface area contributed by atoms with Crippen molar-refractivity contribution in [3.8, 4) is 0 Å². The number of ether oxygens (including phenoxy) is 1. The van der Waals surface area contributed by atoms with Crippen LogP contribution in [0.5, 0.6) is 0 Å². The van der Waals surface area contributed by atoms with E-state index in [2.05, 4.69) is 34.1 Å². The van der Waals surface area contributed by atoms with E-state index in [1.807, 2.05) is 6.07 Å². The van der Waals surface area contributed by atoms with E-state index < -0.39 is 0 Å². The second-order valence-corrected chi connectivity index (χ2v) is 5.83. The lowest BCUT2D eigenvalue weighted by Gasteiger charge is -2.15. The van der Waals surface area contributed by atoms with E-state index >= 15 is 0 Å². The zero-order valence-electron chi connectivity index (χ0n) is 10.1. The number of hydrogen-bond acceptors (Lipinski definition) is 2. The smallest absolute Gasteiger partial charge is 0.0509 e. The standard InChI is InChI=1S/C14H20BrNO/c15-14-3-1-2-12(7-14)6-13(8-16)10-17-9-11-4-5-11/h1-3,7,11,13H,4-6,8-10,16H2. The van der Waals surface area contributed by atoms with Gasteiger partial charge in [0.2, 0.25) is 0 Å². The fourth-order valence-electron chi connectivity index (χ4n) is 1.89. The Morgan fingerprint density at radius 3 is 2.88 bits per heavy atom. The first kappa shape index (κ1) is 13.1. The highest BCUT2D eigenvalue weighted by molar-refractivity contribution is 9.10. The van der Waals surface area contributed by atoms with E-state index in [9.17, 15) is 0 Å². The van der Waals surface area contributed by atoms with Gasteiger partial charge in [0.25, 0.3) is 0 Å². The van der Waals surface area contributed by atoms with Gasteiger partial charge in [-0.25, -0.2) is 0 Å². The minimum atomic E-state index is 0.433. The largest absolute Gasteiger partial charge is 0.381 e. The van der Waals surface area contributed by atoms with Gasteiger partial charge in [-0.15, -0.1) is 0 Å². The van der Waals surface area contributed by atoms with Crippen LogP contribution < -0.4 is 5.73 Å². The Morgan fingerprint density at radius 1 is 1.41 bits per heavy atom. The summed E-state index contributed by atoms with van der Waals surface area (Å²) in [4.78, 5) is 0. The summed E-state index contributed by atoms with van der Waals surface area (Å²) in [5, 5.41) is 0. The predicted molar refractivity (Wildman–Crippen MR) is 73.9 cm³/mol. The molecule has 0 aliphatic heterocycles. The lowest BCUT2D eigenvalue weighted by molar-refractivity contribution is 0.0934. The highest BCUT2D eigenvalue weighted by Gasteiger charge is 2.21. The van der Waals surface area contributed by atoms with Gasteiger partial charge in [0.15, 0.2) is 0 Å². The fraction of sp³-hybridized carbons (Fsp3) is 0.571. The zero-order valence-corrected chi connectivity index (χ0v) is 11.7. The first-order valence-corrected chi connectivity index (χ1v) is 7.09. The molecule has 2 nitrogen and oxygen atoms in total. The van der Waals surface area contributed by atoms with Crippen molar-refractivity contribution in [2.45, 2.75) is 19.3 Å². The van der Waals surface area contributed by atoms with Crippen LogP contribution in [0.25, 0.3) is 0 Å². The molecule has 1 aliphatic carbocycles. The second kappa shape index (κ2) is 6.53. The molecule has 0 aromatic heterocycles. The summed E-state index contributed by atoms with van der Waals surface area (Å²) in [5.41, 5.74) is 7.12. The summed E-state index contributed by atoms with van der Waals surface area (Å²) in [6.07, 6.45) is 3.69. The van der Waals surface area contributed by atoms with Crippen LogP contribution in [0.4, 0.5) is 0 Å². The molecule has 1 unspecified atom stereocenters. The van der Waals surface area contributed by atoms with Crippen molar-refractivity contribution < 1.29 is 4.74 Å². The van der Waals surface area contributed by atoms with Crippen molar-refractivity contribution in [3.63, 3.8) is 0 Å². The molecule has 1 fully saturated rings. The van der Waals surface area contributed by atoms with Crippen LogP contribution in [0.2, 0.25) is 0 Å². The third-order valence-electron chi connectivity index (χ3n) is 3.15. The van der Waals surface area contributed by atoms with Crippen LogP contribution in [-0.2, 0) is 11.2 Å². The quantitative estimate of drug-likeness (QED) is 0.840. The van der Waals surface area contributed by atoms with Gasteiger partial charge in [-0.2, -0.15) is 0 Å². The van der Waals surface area contributed by atoms with E-state index in [0.29, 0.717) is 12.5 Å². The molecular weight excluding hydrogens is 278 g/mol. The van der Waals surface area contributed by atoms with Gasteiger partial charge in [0, 0.05) is 11.1 Å². The molecule has 1 atom stereocenters. The van der Waals surface area contributed by atoms with Crippen molar-refractivity contribution in [3.05, 3.63) is 34.3 Å². The molecule has 0 heterocycles. The summed E-state index contributed by atoms with van der Waals surface area (Å²) in [7, 11) is 0. The molecular formula is C14H20BrNO. The van der Waals surface area contributed by atoms with Crippen LogP contribution in [0.3, 0.4) is 0 Å². The van der Waals surface area contributed by atoms with Gasteiger partial charge in [-0.3, -0.25) is 0 Å². The highest BCUT2D eigenvalue weighted by atomic mass is 79.9. The Kier molecular flexibility index (Phi) is 5.01. The van der Waals surface area contributed by atoms with Gasteiger partial charge in [0.1, 0.15) is 0 Å². The summed E-state index contributed by atoms with van der Waals surface area (Å²) in [6.45, 7) is 2.41. The number of rotatable bonds is 7. The number of benzene rings is 1. The maximum Gasteiger partial charge on any atom is 0.0509 e. The normalized spacial score (nSPS) is 17.1. The Balaban J connectivity index is 1.76. The zero-order chi connectivity index (χ0) is 12.1. The molecule has 2 N–H and O–H groups in total. The first-order chi connectivity index (χ1) is 8.28. The fourth-order valence-corrected chi connectivity index (χ4v) is 2.34. The second-order valence-electron chi connectivity index (χ2n) is 4.92. The van der Waals surface area contributed by atoms with Crippen LogP contribution in [0.1, 0.15) is 18.4 Å². The molecule has 0 radical (unpaired) electrons. The van der Waals surface area contributed by atoms with E-state index in [1.165, 1.54) is 18.4 Å². The molecule has 1 aromatic rings. The van der Waals surface area contributed by atoms with Gasteiger partial charge in [0.05, 0.1) is 6.61 Å². The Labute approximate surface area is 112 Å². The number of hydrogen-bond donors (Lipinski definition) is 1. The van der Waals surface area contributed by atoms with E-state index in [1.54, 1.807) is 0 Å². The SMILES string of the molecule is NCC(COCC1CC1)Cc1cccc(Br)c1. The van der Waals surface area contributed by atoms with E-state index in [-0.39, 0.29) is 0 Å². The Bertz CT molecular complexity index is 352. The van der Waals surface area contributed by atoms with E-state index in [4.69, 9.17) is 10.5 Å². The minimum Gasteiger partial charge on any atom is -0.381 e. The average molecular weight is 298 g/mol. The molecule has 0 bridgehead atoms. The third-order valence-corrected chi connectivity index (χ3v) is 3.64. The molecule has 3 heteroatoms. The number of nitrogens with two attached hydrogens (primary N) is 1. The molecule has 94 valence electrons. The van der Waals surface area contributed by atoms with Crippen molar-refractivity contribution in [1.82, 2.24) is 0 Å². The van der Waals surface area contributed by atoms with Crippen molar-refractivity contribution in [1.29, 1.82) is 0 Å². The van der Waals surface area contributed by atoms with Gasteiger partial charge < -0.3 is 10.5 Å². The topological polar surface area (TPSA) is 35.2 Å². The Hall–Kier alpha value is -0.380. The lowest BCUT2D eigenvalue weighted by Crippen LogP contribution is -2.22. The molecule has 0 amide bonds. The first-order valence-electron chi connectivity index (χ1n) is 6.30. The maximum atomic E-state index is 5.80. The molecule has 1 aliphatic rings. The number of halogens is 1. The maximum absolute atomic E-state index is 5.80. The van der Waals surface area contributed by atoms with Crippen molar-refractivity contribution >= 4 is 15.9 Å². The summed E-state index contributed by atoms with van der Waals surface area (Å²) < 4.78 is 6.85. The monoisotopic (exact) mass is 297 g/mol. The van der Waals surface area contributed by atoms with E-state index in [0.717, 1.165) is 30.0 Å². The average Bonchev–Trinajstić information content (AvgIpc) is 3.12. The van der Waals surface area contributed by atoms with Crippen LogP contribution >= 0.6 is 15.9 Å². The van der Waals surface area contributed by atoms with Crippen LogP contribution in [0.15, 0.2) is 28.7 Å². The minimum absolute atomic E-state index is 0.433. The lowest BCUT2D eigenvalue weighted by atomic mass is 10.0. The molecule has 17 heavy (non-hydrogen) atoms. The molecule has 1 saturated carbocycles. The molecule has 0 spiro atoms. The molecule has 0 saturated heterocycles. The molecule has 1 aromatic carbocycles. The molecule has 2 rings (SSSR count). The van der Waals surface area contributed by atoms with Crippen LogP contribution in [0, 0.1) is 11.8 Å². The third kappa shape index (κ3) is 4.78. The van der Waals surface area contributed by atoms with Gasteiger partial charge in [-0.05, 0) is 55.3 Å². The van der Waals surface area contributed by atoms with Crippen molar-refractivity contribution in [2.24, 2.45) is 17.6 Å². The summed E-state index contributed by atoms with van der Waals surface area (Å²) >= 11 is 3.49. The predicted octanol–water partition coefficient (Wildman–Crippen LogP) is 2.99. The van der Waals surface area contributed by atoms with Gasteiger partial charge >= 0.3 is 0 Å². The summed E-state index contributed by atoms with van der Waals surface area (Å²) in [6, 6.07) is 8.42. The van der Waals surface area contributed by atoms with Crippen LogP contribution in [-0.4, -0.2) is 19.8 Å². The Morgan fingerprint density at radius 2 is 2.24 bits per heavy atom. The highest BCUT2D eigenvalue weighted by Crippen LogP contribution is 2.29. The van der Waals surface area contributed by atoms with Crippen molar-refractivity contribution in [2.75, 3.05) is 19.8 Å². The summed E-state index contributed by atoms with van der Waals surface area (Å²) in [5.74, 6) is 1.27. The van der Waals surface area contributed by atoms with Gasteiger partial charge in [-0.1, -0.05) is 28.1 Å².